The van der Waals surface area contributed by atoms with E-state index in [-0.39, 0.29) is 0 Å². The fourth-order valence-corrected chi connectivity index (χ4v) is 6.05. The molecule has 0 aromatic heterocycles. The lowest BCUT2D eigenvalue weighted by molar-refractivity contribution is 1.56. The number of fused-ring (bicyclic) bond motifs is 2. The minimum atomic E-state index is 1.13. The molecule has 0 amide bonds. The van der Waals surface area contributed by atoms with E-state index in [2.05, 4.69) is 158 Å². The molecule has 0 bridgehead atoms. The lowest BCUT2D eigenvalue weighted by Gasteiger charge is -2.25. The first-order valence-electron chi connectivity index (χ1n) is 13.7. The summed E-state index contributed by atoms with van der Waals surface area (Å²) < 4.78 is 0. The van der Waals surface area contributed by atoms with Crippen LogP contribution in [0.1, 0.15) is 5.56 Å². The van der Waals surface area contributed by atoms with Crippen LogP contribution >= 0.6 is 0 Å². The van der Waals surface area contributed by atoms with Gasteiger partial charge in [-0.25, -0.2) is 0 Å². The molecule has 0 spiro atoms. The van der Waals surface area contributed by atoms with Crippen LogP contribution in [0, 0.1) is 0 Å². The molecule has 0 aliphatic carbocycles. The van der Waals surface area contributed by atoms with Crippen molar-refractivity contribution in [2.45, 2.75) is 0 Å². The Kier molecular flexibility index (Phi) is 6.07. The van der Waals surface area contributed by atoms with Gasteiger partial charge in [0.1, 0.15) is 0 Å². The normalized spacial score (nSPS) is 11.1. The lowest BCUT2D eigenvalue weighted by Crippen LogP contribution is -1.98. The zero-order valence-corrected chi connectivity index (χ0v) is 22.2. The topological polar surface area (TPSA) is 0 Å². The summed E-state index contributed by atoms with van der Waals surface area (Å²) >= 11 is 0. The zero-order valence-electron chi connectivity index (χ0n) is 22.2. The van der Waals surface area contributed by atoms with E-state index in [0.29, 0.717) is 0 Å². The van der Waals surface area contributed by atoms with Gasteiger partial charge in [-0.1, -0.05) is 152 Å². The molecule has 0 unspecified atom stereocenters. The molecule has 0 heteroatoms. The van der Waals surface area contributed by atoms with Crippen LogP contribution in [0.2, 0.25) is 0 Å². The molecule has 0 N–H and O–H groups in total. The van der Waals surface area contributed by atoms with Crippen molar-refractivity contribution >= 4 is 27.6 Å². The molecule has 0 saturated heterocycles. The molecule has 0 radical (unpaired) electrons. The smallest absolute Gasteiger partial charge is 0.00139 e. The van der Waals surface area contributed by atoms with Crippen molar-refractivity contribution < 1.29 is 0 Å². The van der Waals surface area contributed by atoms with Crippen LogP contribution in [0.25, 0.3) is 72.1 Å². The molecular weight excluding hydrogens is 480 g/mol. The second-order valence-electron chi connectivity index (χ2n) is 10.1. The number of hydrogen-bond acceptors (Lipinski definition) is 0. The van der Waals surface area contributed by atoms with Crippen LogP contribution < -0.4 is 0 Å². The molecule has 188 valence electrons. The van der Waals surface area contributed by atoms with Gasteiger partial charge in [-0.2, -0.15) is 0 Å². The minimum absolute atomic E-state index is 1.13. The summed E-state index contributed by atoms with van der Waals surface area (Å²) in [5, 5.41) is 4.96. The van der Waals surface area contributed by atoms with E-state index in [9.17, 15) is 0 Å². The zero-order chi connectivity index (χ0) is 26.9. The monoisotopic (exact) mass is 508 g/mol. The fourth-order valence-electron chi connectivity index (χ4n) is 6.05. The Hall–Kier alpha value is -5.20. The Morgan fingerprint density at radius 3 is 1.30 bits per heavy atom. The van der Waals surface area contributed by atoms with Crippen molar-refractivity contribution in [1.82, 2.24) is 0 Å². The second kappa shape index (κ2) is 10.2. The van der Waals surface area contributed by atoms with Crippen LogP contribution in [-0.4, -0.2) is 0 Å². The molecule has 0 atom stereocenters. The average Bonchev–Trinajstić information content (AvgIpc) is 3.04. The van der Waals surface area contributed by atoms with Crippen molar-refractivity contribution in [3.8, 4) is 44.5 Å². The van der Waals surface area contributed by atoms with Gasteiger partial charge < -0.3 is 0 Å². The number of hydrogen-bond donors (Lipinski definition) is 0. The van der Waals surface area contributed by atoms with Crippen molar-refractivity contribution in [1.29, 1.82) is 0 Å². The average molecular weight is 509 g/mol. The van der Waals surface area contributed by atoms with Crippen LogP contribution in [0.15, 0.2) is 158 Å². The van der Waals surface area contributed by atoms with E-state index in [1.807, 2.05) is 6.08 Å². The summed E-state index contributed by atoms with van der Waals surface area (Å²) in [7, 11) is 0. The largest absolute Gasteiger partial charge is 0.0984 e. The standard InChI is InChI=1S/C40H28/c1-2-28-16-14-15-25-34(28)40-36-27-33-24-13-12-23-32(33)26-35(36)37(29-17-6-3-7-18-29)38(30-19-8-4-9-20-30)39(40)31-21-10-5-11-22-31/h2-27H,1H2. The first-order chi connectivity index (χ1) is 19.8. The summed E-state index contributed by atoms with van der Waals surface area (Å²) in [5.74, 6) is 0. The van der Waals surface area contributed by atoms with Gasteiger partial charge in [0.15, 0.2) is 0 Å². The molecule has 0 fully saturated rings. The number of rotatable bonds is 5. The summed E-state index contributed by atoms with van der Waals surface area (Å²) in [4.78, 5) is 0. The van der Waals surface area contributed by atoms with Gasteiger partial charge in [0, 0.05) is 0 Å². The molecule has 0 aliphatic heterocycles. The SMILES string of the molecule is C=Cc1ccccc1-c1c(-c2ccccc2)c(-c2ccccc2)c(-c2ccccc2)c2cc3ccccc3cc12. The van der Waals surface area contributed by atoms with Crippen LogP contribution in [-0.2, 0) is 0 Å². The minimum Gasteiger partial charge on any atom is -0.0984 e. The van der Waals surface area contributed by atoms with E-state index >= 15 is 0 Å². The van der Waals surface area contributed by atoms with Crippen LogP contribution in [0.3, 0.4) is 0 Å². The lowest BCUT2D eigenvalue weighted by atomic mass is 9.77. The third kappa shape index (κ3) is 4.02. The summed E-state index contributed by atoms with van der Waals surface area (Å²) in [5.41, 5.74) is 10.9. The summed E-state index contributed by atoms with van der Waals surface area (Å²) in [6.07, 6.45) is 1.98. The van der Waals surface area contributed by atoms with E-state index in [4.69, 9.17) is 0 Å². The highest BCUT2D eigenvalue weighted by molar-refractivity contribution is 6.21. The third-order valence-corrected chi connectivity index (χ3v) is 7.81. The van der Waals surface area contributed by atoms with Crippen molar-refractivity contribution in [2.75, 3.05) is 0 Å². The van der Waals surface area contributed by atoms with E-state index in [1.165, 1.54) is 66.1 Å². The predicted octanol–water partition coefficient (Wildman–Crippen LogP) is 11.3. The van der Waals surface area contributed by atoms with Gasteiger partial charge in [-0.3, -0.25) is 0 Å². The summed E-state index contributed by atoms with van der Waals surface area (Å²) in [6.45, 7) is 4.20. The Labute approximate surface area is 235 Å². The van der Waals surface area contributed by atoms with E-state index in [1.54, 1.807) is 0 Å². The van der Waals surface area contributed by atoms with Crippen molar-refractivity contribution in [3.05, 3.63) is 164 Å². The van der Waals surface area contributed by atoms with Gasteiger partial charge in [0.05, 0.1) is 0 Å². The Morgan fingerprint density at radius 2 is 0.775 bits per heavy atom. The van der Waals surface area contributed by atoms with Gasteiger partial charge in [-0.15, -0.1) is 0 Å². The highest BCUT2D eigenvalue weighted by Gasteiger charge is 2.24. The quantitative estimate of drug-likeness (QED) is 0.203. The van der Waals surface area contributed by atoms with Crippen LogP contribution in [0.5, 0.6) is 0 Å². The van der Waals surface area contributed by atoms with Crippen molar-refractivity contribution in [2.24, 2.45) is 0 Å². The van der Waals surface area contributed by atoms with Gasteiger partial charge >= 0.3 is 0 Å². The highest BCUT2D eigenvalue weighted by Crippen LogP contribution is 2.52. The molecule has 0 saturated carbocycles. The van der Waals surface area contributed by atoms with Crippen LogP contribution in [0.4, 0.5) is 0 Å². The van der Waals surface area contributed by atoms with Crippen molar-refractivity contribution in [3.63, 3.8) is 0 Å². The van der Waals surface area contributed by atoms with Gasteiger partial charge in [0.25, 0.3) is 0 Å². The molecule has 0 heterocycles. The molecule has 40 heavy (non-hydrogen) atoms. The maximum atomic E-state index is 4.20. The third-order valence-electron chi connectivity index (χ3n) is 7.81. The Morgan fingerprint density at radius 1 is 0.375 bits per heavy atom. The molecule has 7 rings (SSSR count). The highest BCUT2D eigenvalue weighted by atomic mass is 14.3. The maximum Gasteiger partial charge on any atom is -0.00139 e. The molecule has 0 nitrogen and oxygen atoms in total. The van der Waals surface area contributed by atoms with E-state index < -0.39 is 0 Å². The Bertz CT molecular complexity index is 1980. The molecule has 7 aromatic rings. The summed E-state index contributed by atoms with van der Waals surface area (Å²) in [6, 6.07) is 54.6. The first-order valence-corrected chi connectivity index (χ1v) is 13.7. The Balaban J connectivity index is 1.81. The predicted molar refractivity (Wildman–Crippen MR) is 173 cm³/mol. The maximum absolute atomic E-state index is 4.20. The van der Waals surface area contributed by atoms with Gasteiger partial charge in [0.2, 0.25) is 0 Å². The molecule has 7 aromatic carbocycles. The number of benzene rings is 7. The fraction of sp³-hybridized carbons (Fsp3) is 0. The second-order valence-corrected chi connectivity index (χ2v) is 10.1. The molecule has 0 aliphatic rings. The van der Waals surface area contributed by atoms with Gasteiger partial charge in [-0.05, 0) is 83.7 Å². The first kappa shape index (κ1) is 23.9. The molecular formula is C40H28. The van der Waals surface area contributed by atoms with E-state index in [0.717, 1.165) is 5.56 Å².